The van der Waals surface area contributed by atoms with Gasteiger partial charge in [-0.25, -0.2) is 0 Å². The number of rotatable bonds is 2. The van der Waals surface area contributed by atoms with E-state index in [9.17, 15) is 20.7 Å². The van der Waals surface area contributed by atoms with Gasteiger partial charge in [0.2, 0.25) is 0 Å². The number of aliphatic hydroxyl groups excluding tert-OH is 1. The number of aromatic nitrogens is 1. The van der Waals surface area contributed by atoms with Crippen LogP contribution in [0.4, 0.5) is 0 Å². The molecule has 30 heavy (non-hydrogen) atoms. The number of hydrogen-bond acceptors (Lipinski definition) is 6. The summed E-state index contributed by atoms with van der Waals surface area (Å²) in [4.78, 5) is 4.32. The minimum absolute atomic E-state index is 0.219. The highest BCUT2D eigenvalue weighted by Gasteiger charge is 2.73. The average Bonchev–Trinajstić information content (AvgIpc) is 3.19. The molecule has 1 saturated carbocycles. The lowest BCUT2D eigenvalue weighted by atomic mass is 9.72. The molecule has 0 unspecified atom stereocenters. The van der Waals surface area contributed by atoms with Gasteiger partial charge in [0.25, 0.3) is 0 Å². The Labute approximate surface area is 173 Å². The summed E-state index contributed by atoms with van der Waals surface area (Å²) in [5.74, 6) is -0.105. The Bertz CT molecular complexity index is 1210. The molecule has 2 aromatic carbocycles. The number of nitrogens with zero attached hydrogens (tertiary/aromatic N) is 3. The van der Waals surface area contributed by atoms with Crippen molar-refractivity contribution < 1.29 is 14.9 Å². The van der Waals surface area contributed by atoms with Crippen LogP contribution in [0.15, 0.2) is 66.9 Å². The molecular weight excluding hydrogens is 378 g/mol. The number of aliphatic hydroxyl groups is 2. The zero-order chi connectivity index (χ0) is 20.9. The van der Waals surface area contributed by atoms with Crippen LogP contribution in [0.2, 0.25) is 0 Å². The molecule has 0 radical (unpaired) electrons. The number of nitriles is 2. The fourth-order valence-electron chi connectivity index (χ4n) is 4.93. The van der Waals surface area contributed by atoms with Gasteiger partial charge < -0.3 is 14.9 Å². The molecule has 0 bridgehead atoms. The molecule has 146 valence electrons. The Balaban J connectivity index is 1.79. The van der Waals surface area contributed by atoms with E-state index >= 15 is 0 Å². The smallest absolute Gasteiger partial charge is 0.180 e. The molecule has 4 atom stereocenters. The lowest BCUT2D eigenvalue weighted by molar-refractivity contribution is -0.151. The van der Waals surface area contributed by atoms with E-state index in [0.29, 0.717) is 16.7 Å². The Morgan fingerprint density at radius 2 is 1.70 bits per heavy atom. The maximum absolute atomic E-state index is 12.0. The maximum atomic E-state index is 12.0. The summed E-state index contributed by atoms with van der Waals surface area (Å²) in [6, 6.07) is 22.1. The molecule has 6 heteroatoms. The third kappa shape index (κ3) is 2.21. The fourth-order valence-corrected chi connectivity index (χ4v) is 4.93. The monoisotopic (exact) mass is 395 g/mol. The van der Waals surface area contributed by atoms with Crippen LogP contribution in [0, 0.1) is 22.7 Å². The summed E-state index contributed by atoms with van der Waals surface area (Å²) in [5.41, 5.74) is -0.629. The van der Waals surface area contributed by atoms with Crippen LogP contribution >= 0.6 is 0 Å². The van der Waals surface area contributed by atoms with Gasteiger partial charge in [-0.05, 0) is 29.7 Å². The minimum Gasteiger partial charge on any atom is -0.476 e. The Kier molecular flexibility index (Phi) is 3.91. The average molecular weight is 395 g/mol. The molecule has 1 aromatic heterocycles. The summed E-state index contributed by atoms with van der Waals surface area (Å²) in [5, 5.41) is 41.6. The first-order valence-electron chi connectivity index (χ1n) is 9.60. The van der Waals surface area contributed by atoms with Gasteiger partial charge in [-0.2, -0.15) is 10.5 Å². The SMILES string of the molecule is N#Cc1ccc([C@@]23Oc4cc(C#N)cnc4[C@]2(O)[C@H](O)C[C@H]3c2ccccc2)cc1. The van der Waals surface area contributed by atoms with Gasteiger partial charge in [0, 0.05) is 18.2 Å². The lowest BCUT2D eigenvalue weighted by Crippen LogP contribution is -2.52. The van der Waals surface area contributed by atoms with Gasteiger partial charge in [-0.15, -0.1) is 0 Å². The molecule has 1 aliphatic carbocycles. The van der Waals surface area contributed by atoms with E-state index in [0.717, 1.165) is 5.56 Å². The zero-order valence-electron chi connectivity index (χ0n) is 15.9. The van der Waals surface area contributed by atoms with Crippen molar-refractivity contribution in [2.45, 2.75) is 29.6 Å². The second-order valence-corrected chi connectivity index (χ2v) is 7.69. The Morgan fingerprint density at radius 1 is 1.00 bits per heavy atom. The van der Waals surface area contributed by atoms with Crippen LogP contribution in [0.25, 0.3) is 0 Å². The van der Waals surface area contributed by atoms with E-state index < -0.39 is 17.3 Å². The first-order valence-corrected chi connectivity index (χ1v) is 9.60. The molecule has 3 aromatic rings. The van der Waals surface area contributed by atoms with E-state index in [2.05, 4.69) is 11.1 Å². The van der Waals surface area contributed by atoms with Crippen LogP contribution in [-0.2, 0) is 11.2 Å². The first-order chi connectivity index (χ1) is 14.5. The van der Waals surface area contributed by atoms with Crippen molar-refractivity contribution in [3.8, 4) is 17.9 Å². The predicted octanol–water partition coefficient (Wildman–Crippen LogP) is 2.85. The van der Waals surface area contributed by atoms with Gasteiger partial charge in [-0.3, -0.25) is 4.98 Å². The Morgan fingerprint density at radius 3 is 2.37 bits per heavy atom. The molecule has 0 amide bonds. The molecule has 0 spiro atoms. The largest absolute Gasteiger partial charge is 0.476 e. The van der Waals surface area contributed by atoms with Crippen molar-refractivity contribution in [1.82, 2.24) is 4.98 Å². The highest BCUT2D eigenvalue weighted by Crippen LogP contribution is 2.66. The van der Waals surface area contributed by atoms with Crippen molar-refractivity contribution in [2.75, 3.05) is 0 Å². The van der Waals surface area contributed by atoms with Gasteiger partial charge >= 0.3 is 0 Å². The maximum Gasteiger partial charge on any atom is 0.180 e. The van der Waals surface area contributed by atoms with Crippen molar-refractivity contribution in [2.24, 2.45) is 0 Å². The van der Waals surface area contributed by atoms with E-state index in [-0.39, 0.29) is 23.8 Å². The van der Waals surface area contributed by atoms with Crippen molar-refractivity contribution in [1.29, 1.82) is 10.5 Å². The summed E-state index contributed by atoms with van der Waals surface area (Å²) in [6.07, 6.45) is 0.499. The number of hydrogen-bond donors (Lipinski definition) is 2. The number of pyridine rings is 1. The first kappa shape index (κ1) is 18.3. The molecule has 2 heterocycles. The van der Waals surface area contributed by atoms with Crippen LogP contribution in [-0.4, -0.2) is 21.3 Å². The third-order valence-corrected chi connectivity index (χ3v) is 6.26. The van der Waals surface area contributed by atoms with Crippen LogP contribution in [0.3, 0.4) is 0 Å². The summed E-state index contributed by atoms with van der Waals surface area (Å²) in [7, 11) is 0. The van der Waals surface area contributed by atoms with Crippen molar-refractivity contribution >= 4 is 0 Å². The molecule has 0 saturated heterocycles. The summed E-state index contributed by atoms with van der Waals surface area (Å²) in [6.45, 7) is 0. The molecular formula is C24H17N3O3. The molecule has 1 fully saturated rings. The van der Waals surface area contributed by atoms with Gasteiger partial charge in [0.1, 0.15) is 17.5 Å². The van der Waals surface area contributed by atoms with Crippen LogP contribution in [0.1, 0.15) is 40.3 Å². The van der Waals surface area contributed by atoms with Gasteiger partial charge in [-0.1, -0.05) is 42.5 Å². The highest BCUT2D eigenvalue weighted by molar-refractivity contribution is 5.54. The second-order valence-electron chi connectivity index (χ2n) is 7.69. The van der Waals surface area contributed by atoms with E-state index in [1.54, 1.807) is 30.3 Å². The topological polar surface area (TPSA) is 110 Å². The molecule has 2 N–H and O–H groups in total. The van der Waals surface area contributed by atoms with Crippen molar-refractivity contribution in [3.05, 3.63) is 94.8 Å². The van der Waals surface area contributed by atoms with E-state index in [1.807, 2.05) is 36.4 Å². The highest BCUT2D eigenvalue weighted by atomic mass is 16.5. The summed E-state index contributed by atoms with van der Waals surface area (Å²) >= 11 is 0. The number of fused-ring (bicyclic) bond motifs is 3. The fraction of sp³-hybridized carbons (Fsp3) is 0.208. The van der Waals surface area contributed by atoms with E-state index in [1.165, 1.54) is 6.20 Å². The standard InChI is InChI=1S/C24H17N3O3/c25-12-15-6-8-18(9-7-15)24-19(17-4-2-1-3-5-17)11-21(28)23(24,29)22-20(30-24)10-16(13-26)14-27-22/h1-10,14,19,21,28-29H,11H2/t19-,21+,23+,24-/m0/s1. The molecule has 2 aliphatic rings. The lowest BCUT2D eigenvalue weighted by Gasteiger charge is -2.40. The Hall–Kier alpha value is -3.71. The third-order valence-electron chi connectivity index (χ3n) is 6.26. The number of benzene rings is 2. The molecule has 5 rings (SSSR count). The van der Waals surface area contributed by atoms with E-state index in [4.69, 9.17) is 4.74 Å². The predicted molar refractivity (Wildman–Crippen MR) is 106 cm³/mol. The molecule has 6 nitrogen and oxygen atoms in total. The van der Waals surface area contributed by atoms with Crippen LogP contribution < -0.4 is 4.74 Å². The normalized spacial score (nSPS) is 28.7. The molecule has 1 aliphatic heterocycles. The quantitative estimate of drug-likeness (QED) is 0.690. The summed E-state index contributed by atoms with van der Waals surface area (Å²) < 4.78 is 6.45. The van der Waals surface area contributed by atoms with Gasteiger partial charge in [0.15, 0.2) is 11.2 Å². The van der Waals surface area contributed by atoms with Crippen molar-refractivity contribution in [3.63, 3.8) is 0 Å². The van der Waals surface area contributed by atoms with Crippen LogP contribution in [0.5, 0.6) is 5.75 Å². The minimum atomic E-state index is -1.81. The second kappa shape index (κ2) is 6.40. The zero-order valence-corrected chi connectivity index (χ0v) is 15.9. The number of ether oxygens (including phenoxy) is 1. The van der Waals surface area contributed by atoms with Gasteiger partial charge in [0.05, 0.1) is 23.3 Å².